The lowest BCUT2D eigenvalue weighted by molar-refractivity contribution is -0.141. The predicted octanol–water partition coefficient (Wildman–Crippen LogP) is 3.54. The number of unbranched alkanes of at least 4 members (excludes halogenated alkanes) is 1. The third-order valence-corrected chi connectivity index (χ3v) is 7.40. The Bertz CT molecular complexity index is 1090. The van der Waals surface area contributed by atoms with Crippen LogP contribution in [-0.2, 0) is 34.4 Å². The molecule has 32 heavy (non-hydrogen) atoms. The zero-order valence-corrected chi connectivity index (χ0v) is 20.4. The summed E-state index contributed by atoms with van der Waals surface area (Å²) in [5.74, 6) is -0.538. The Kier molecular flexibility index (Phi) is 8.70. The smallest absolute Gasteiger partial charge is 0.322 e. The number of carboxylic acids is 1. The standard InChI is InChI=1S/C22H32ClN3O5S/c1-5-6-7-20-24-21(23)19(14-27)26(20)13-16-8-10-17(11-9-16)32(30,31)25(4)18(22(28)29)12-15(2)3/h8-11,15,18,27H,5-7,12-14H2,1-4H3,(H,28,29)/t18-/m0/s1/i10D. The number of aliphatic hydroxyl groups excluding tert-OH is 1. The Balaban J connectivity index is 2.38. The number of sulfonamides is 1. The van der Waals surface area contributed by atoms with Crippen molar-refractivity contribution in [1.29, 1.82) is 0 Å². The van der Waals surface area contributed by atoms with Crippen molar-refractivity contribution in [3.05, 3.63) is 46.5 Å². The van der Waals surface area contributed by atoms with Crippen LogP contribution in [-0.4, -0.2) is 51.5 Å². The molecule has 0 aliphatic carbocycles. The average Bonchev–Trinajstić information content (AvgIpc) is 3.03. The lowest BCUT2D eigenvalue weighted by atomic mass is 10.0. The Morgan fingerprint density at radius 1 is 1.34 bits per heavy atom. The number of carboxylic acid groups (broad SMARTS) is 1. The van der Waals surface area contributed by atoms with Crippen molar-refractivity contribution < 1.29 is 24.8 Å². The number of aryl methyl sites for hydroxylation is 1. The summed E-state index contributed by atoms with van der Waals surface area (Å²) in [6.07, 6.45) is 2.69. The largest absolute Gasteiger partial charge is 0.480 e. The molecule has 0 bridgehead atoms. The number of rotatable bonds is 12. The van der Waals surface area contributed by atoms with Crippen molar-refractivity contribution in [3.63, 3.8) is 0 Å². The van der Waals surface area contributed by atoms with Crippen LogP contribution in [0.1, 0.15) is 58.5 Å². The molecule has 0 aliphatic heterocycles. The third kappa shape index (κ3) is 6.10. The first-order valence-corrected chi connectivity index (χ1v) is 12.4. The van der Waals surface area contributed by atoms with E-state index in [4.69, 9.17) is 13.0 Å². The van der Waals surface area contributed by atoms with E-state index in [2.05, 4.69) is 11.9 Å². The molecule has 1 aromatic carbocycles. The molecule has 1 atom stereocenters. The Morgan fingerprint density at radius 3 is 2.56 bits per heavy atom. The van der Waals surface area contributed by atoms with Gasteiger partial charge < -0.3 is 14.8 Å². The highest BCUT2D eigenvalue weighted by Crippen LogP contribution is 2.23. The fourth-order valence-electron chi connectivity index (χ4n) is 3.43. The van der Waals surface area contributed by atoms with Crippen LogP contribution >= 0.6 is 11.6 Å². The van der Waals surface area contributed by atoms with Crippen molar-refractivity contribution in [2.45, 2.75) is 70.5 Å². The number of imidazole rings is 1. The maximum Gasteiger partial charge on any atom is 0.322 e. The van der Waals surface area contributed by atoms with E-state index in [-0.39, 0.29) is 41.6 Å². The number of benzene rings is 1. The van der Waals surface area contributed by atoms with Gasteiger partial charge in [0, 0.05) is 20.0 Å². The zero-order valence-electron chi connectivity index (χ0n) is 19.9. The highest BCUT2D eigenvalue weighted by Gasteiger charge is 2.33. The van der Waals surface area contributed by atoms with Crippen LogP contribution < -0.4 is 0 Å². The van der Waals surface area contributed by atoms with Crippen LogP contribution in [0.2, 0.25) is 5.15 Å². The molecule has 8 nitrogen and oxygen atoms in total. The number of hydrogen-bond acceptors (Lipinski definition) is 5. The normalized spacial score (nSPS) is 13.6. The Labute approximate surface area is 196 Å². The summed E-state index contributed by atoms with van der Waals surface area (Å²) in [5, 5.41) is 19.5. The number of likely N-dealkylation sites (N-methyl/N-ethyl adjacent to an activating group) is 1. The molecule has 2 N–H and O–H groups in total. The molecule has 0 fully saturated rings. The van der Waals surface area contributed by atoms with Gasteiger partial charge >= 0.3 is 5.97 Å². The third-order valence-electron chi connectivity index (χ3n) is 5.27. The number of nitrogens with zero attached hydrogens (tertiary/aromatic N) is 3. The van der Waals surface area contributed by atoms with Crippen LogP contribution in [0.15, 0.2) is 29.1 Å². The monoisotopic (exact) mass is 486 g/mol. The van der Waals surface area contributed by atoms with E-state index in [0.29, 0.717) is 23.5 Å². The lowest BCUT2D eigenvalue weighted by Crippen LogP contribution is -2.43. The second-order valence-electron chi connectivity index (χ2n) is 8.18. The van der Waals surface area contributed by atoms with Gasteiger partial charge in [0.15, 0.2) is 5.15 Å². The minimum atomic E-state index is -4.19. The van der Waals surface area contributed by atoms with Gasteiger partial charge in [-0.3, -0.25) is 4.79 Å². The summed E-state index contributed by atoms with van der Waals surface area (Å²) < 4.78 is 37.1. The zero-order chi connectivity index (χ0) is 24.9. The fraction of sp³-hybridized carbons (Fsp3) is 0.545. The minimum Gasteiger partial charge on any atom is -0.480 e. The maximum atomic E-state index is 13.1. The molecule has 0 aliphatic rings. The van der Waals surface area contributed by atoms with Crippen LogP contribution in [0.25, 0.3) is 0 Å². The molecule has 178 valence electrons. The van der Waals surface area contributed by atoms with Gasteiger partial charge in [-0.2, -0.15) is 4.31 Å². The molecule has 0 amide bonds. The molecule has 2 rings (SSSR count). The van der Waals surface area contributed by atoms with Crippen molar-refractivity contribution in [2.24, 2.45) is 5.92 Å². The van der Waals surface area contributed by atoms with Crippen molar-refractivity contribution in [3.8, 4) is 0 Å². The molecule has 10 heteroatoms. The highest BCUT2D eigenvalue weighted by molar-refractivity contribution is 7.89. The van der Waals surface area contributed by atoms with E-state index in [1.807, 2.05) is 13.8 Å². The quantitative estimate of drug-likeness (QED) is 0.474. The van der Waals surface area contributed by atoms with Gasteiger partial charge in [0.25, 0.3) is 0 Å². The Hall–Kier alpha value is -1.94. The number of aromatic nitrogens is 2. The molecule has 1 aromatic heterocycles. The van der Waals surface area contributed by atoms with Crippen LogP contribution in [0.4, 0.5) is 0 Å². The van der Waals surface area contributed by atoms with E-state index < -0.39 is 22.0 Å². The number of hydrogen-bond donors (Lipinski definition) is 2. The van der Waals surface area contributed by atoms with E-state index in [1.165, 1.54) is 19.2 Å². The van der Waals surface area contributed by atoms with Gasteiger partial charge in [-0.25, -0.2) is 13.4 Å². The summed E-state index contributed by atoms with van der Waals surface area (Å²) in [7, 11) is -2.97. The number of aliphatic hydroxyl groups is 1. The highest BCUT2D eigenvalue weighted by atomic mass is 35.5. The van der Waals surface area contributed by atoms with Gasteiger partial charge in [-0.15, -0.1) is 0 Å². The van der Waals surface area contributed by atoms with E-state index >= 15 is 0 Å². The topological polar surface area (TPSA) is 113 Å². The first-order valence-electron chi connectivity index (χ1n) is 11.1. The summed E-state index contributed by atoms with van der Waals surface area (Å²) >= 11 is 6.18. The molecule has 0 saturated heterocycles. The van der Waals surface area contributed by atoms with Gasteiger partial charge in [0.2, 0.25) is 10.0 Å². The maximum absolute atomic E-state index is 13.1. The molecule has 0 radical (unpaired) electrons. The van der Waals surface area contributed by atoms with Crippen LogP contribution in [0.3, 0.4) is 0 Å². The number of carbonyl (C=O) groups is 1. The molecule has 2 aromatic rings. The first kappa shape index (κ1) is 24.7. The SMILES string of the molecule is [2H]c1cc(Cn2c(CCCC)nc(Cl)c2CO)ccc1S(=O)(=O)N(C)[C@@H](CC(C)C)C(=O)O. The molecule has 0 saturated carbocycles. The van der Waals surface area contributed by atoms with Gasteiger partial charge in [0.05, 0.1) is 18.6 Å². The summed E-state index contributed by atoms with van der Waals surface area (Å²) in [6.45, 7) is 5.66. The van der Waals surface area contributed by atoms with Crippen molar-refractivity contribution >= 4 is 27.6 Å². The average molecular weight is 487 g/mol. The van der Waals surface area contributed by atoms with E-state index in [0.717, 1.165) is 17.1 Å². The van der Waals surface area contributed by atoms with E-state index in [9.17, 15) is 23.4 Å². The molecular weight excluding hydrogens is 454 g/mol. The summed E-state index contributed by atoms with van der Waals surface area (Å²) in [5.41, 5.74) is 1.10. The molecule has 1 heterocycles. The minimum absolute atomic E-state index is 0.0220. The Morgan fingerprint density at radius 2 is 2.03 bits per heavy atom. The summed E-state index contributed by atoms with van der Waals surface area (Å²) in [4.78, 5) is 15.8. The predicted molar refractivity (Wildman–Crippen MR) is 123 cm³/mol. The van der Waals surface area contributed by atoms with E-state index in [1.54, 1.807) is 10.6 Å². The van der Waals surface area contributed by atoms with Crippen molar-refractivity contribution in [1.82, 2.24) is 13.9 Å². The number of aliphatic carboxylic acids is 1. The van der Waals surface area contributed by atoms with Gasteiger partial charge in [0.1, 0.15) is 11.9 Å². The molecule has 0 unspecified atom stereocenters. The van der Waals surface area contributed by atoms with Gasteiger partial charge in [-0.1, -0.05) is 50.9 Å². The summed E-state index contributed by atoms with van der Waals surface area (Å²) in [6, 6.07) is 2.86. The van der Waals surface area contributed by atoms with Crippen molar-refractivity contribution in [2.75, 3.05) is 7.05 Å². The van der Waals surface area contributed by atoms with Crippen LogP contribution in [0.5, 0.6) is 0 Å². The lowest BCUT2D eigenvalue weighted by Gasteiger charge is -2.25. The second-order valence-corrected chi connectivity index (χ2v) is 10.5. The molecular formula is C22H32ClN3O5S. The first-order chi connectivity index (χ1) is 15.4. The van der Waals surface area contributed by atoms with Crippen LogP contribution in [0, 0.1) is 5.92 Å². The molecule has 0 spiro atoms. The second kappa shape index (κ2) is 11.3. The fourth-order valence-corrected chi connectivity index (χ4v) is 4.96. The van der Waals surface area contributed by atoms with Gasteiger partial charge in [-0.05, 0) is 36.4 Å². The number of halogens is 1.